The van der Waals surface area contributed by atoms with Crippen LogP contribution in [0.15, 0.2) is 4.99 Å². The van der Waals surface area contributed by atoms with Gasteiger partial charge in [-0.3, -0.25) is 14.6 Å². The van der Waals surface area contributed by atoms with Crippen molar-refractivity contribution in [1.29, 1.82) is 0 Å². The van der Waals surface area contributed by atoms with Crippen molar-refractivity contribution in [3.05, 3.63) is 0 Å². The number of amides is 2. The molecule has 7 nitrogen and oxygen atoms in total. The molecule has 1 saturated heterocycles. The van der Waals surface area contributed by atoms with Crippen LogP contribution in [0.4, 0.5) is 0 Å². The number of carbonyl (C=O) groups excluding carboxylic acids is 2. The van der Waals surface area contributed by atoms with Crippen LogP contribution in [0.3, 0.4) is 0 Å². The van der Waals surface area contributed by atoms with Crippen LogP contribution in [0.25, 0.3) is 0 Å². The molecular weight excluding hydrogens is 457 g/mol. The second-order valence-electron chi connectivity index (χ2n) is 7.65. The van der Waals surface area contributed by atoms with Crippen molar-refractivity contribution in [3.8, 4) is 0 Å². The number of rotatable bonds is 8. The van der Waals surface area contributed by atoms with Gasteiger partial charge in [0.15, 0.2) is 5.96 Å². The Balaban J connectivity index is 0.00000364. The molecule has 0 unspecified atom stereocenters. The van der Waals surface area contributed by atoms with Crippen LogP contribution < -0.4 is 10.6 Å². The highest BCUT2D eigenvalue weighted by Crippen LogP contribution is 2.39. The van der Waals surface area contributed by atoms with Crippen molar-refractivity contribution in [3.63, 3.8) is 0 Å². The molecule has 1 saturated carbocycles. The fourth-order valence-corrected chi connectivity index (χ4v) is 3.96. The van der Waals surface area contributed by atoms with E-state index in [1.807, 2.05) is 25.9 Å². The number of aliphatic imine (C=N–C) groups is 1. The number of hydrogen-bond donors (Lipinski definition) is 2. The van der Waals surface area contributed by atoms with Crippen molar-refractivity contribution in [1.82, 2.24) is 20.4 Å². The number of guanidine groups is 1. The summed E-state index contributed by atoms with van der Waals surface area (Å²) in [5, 5.41) is 6.61. The number of likely N-dealkylation sites (tertiary alicyclic amines) is 1. The van der Waals surface area contributed by atoms with E-state index in [9.17, 15) is 9.59 Å². The van der Waals surface area contributed by atoms with Crippen molar-refractivity contribution < 1.29 is 9.59 Å². The molecule has 1 aliphatic carbocycles. The summed E-state index contributed by atoms with van der Waals surface area (Å²) < 4.78 is 0. The van der Waals surface area contributed by atoms with Gasteiger partial charge < -0.3 is 20.4 Å². The van der Waals surface area contributed by atoms with E-state index in [1.54, 1.807) is 4.90 Å². The predicted molar refractivity (Wildman–Crippen MR) is 119 cm³/mol. The van der Waals surface area contributed by atoms with Gasteiger partial charge in [0.05, 0.1) is 12.0 Å². The van der Waals surface area contributed by atoms with E-state index in [-0.39, 0.29) is 41.2 Å². The number of halogens is 1. The Morgan fingerprint density at radius 2 is 1.93 bits per heavy atom. The Morgan fingerprint density at radius 3 is 2.48 bits per heavy atom. The maximum absolute atomic E-state index is 12.7. The van der Waals surface area contributed by atoms with Crippen LogP contribution in [0.2, 0.25) is 0 Å². The van der Waals surface area contributed by atoms with E-state index >= 15 is 0 Å². The van der Waals surface area contributed by atoms with Gasteiger partial charge in [-0.15, -0.1) is 24.0 Å². The van der Waals surface area contributed by atoms with Gasteiger partial charge in [-0.05, 0) is 32.6 Å². The summed E-state index contributed by atoms with van der Waals surface area (Å²) in [5.74, 6) is 1.23. The Hall–Kier alpha value is -1.06. The largest absolute Gasteiger partial charge is 0.357 e. The highest BCUT2D eigenvalue weighted by Gasteiger charge is 2.42. The molecule has 2 fully saturated rings. The summed E-state index contributed by atoms with van der Waals surface area (Å²) >= 11 is 0. The van der Waals surface area contributed by atoms with Crippen molar-refractivity contribution >= 4 is 41.8 Å². The first-order valence-corrected chi connectivity index (χ1v) is 10.0. The smallest absolute Gasteiger partial charge is 0.230 e. The van der Waals surface area contributed by atoms with E-state index in [0.717, 1.165) is 70.7 Å². The molecule has 2 amide bonds. The Bertz CT molecular complexity index is 518. The normalized spacial score (nSPS) is 19.0. The van der Waals surface area contributed by atoms with Gasteiger partial charge in [-0.25, -0.2) is 0 Å². The van der Waals surface area contributed by atoms with E-state index in [0.29, 0.717) is 13.0 Å². The predicted octanol–water partition coefficient (Wildman–Crippen LogP) is 1.82. The molecule has 156 valence electrons. The average molecular weight is 493 g/mol. The number of hydrogen-bond acceptors (Lipinski definition) is 3. The SMILES string of the molecule is CCNC(=NCC1(C(=O)N(C)C)CCCC1)NCCCN1CCCC1=O.I. The monoisotopic (exact) mass is 493 g/mol. The van der Waals surface area contributed by atoms with Gasteiger partial charge in [0.2, 0.25) is 11.8 Å². The maximum atomic E-state index is 12.7. The lowest BCUT2D eigenvalue weighted by molar-refractivity contribution is -0.138. The third kappa shape index (κ3) is 6.80. The zero-order valence-corrected chi connectivity index (χ0v) is 19.4. The maximum Gasteiger partial charge on any atom is 0.230 e. The van der Waals surface area contributed by atoms with Crippen LogP contribution in [0.5, 0.6) is 0 Å². The molecule has 0 aromatic rings. The quantitative estimate of drug-likeness (QED) is 0.234. The Labute approximate surface area is 180 Å². The first-order valence-electron chi connectivity index (χ1n) is 10.0. The molecule has 8 heteroatoms. The van der Waals surface area contributed by atoms with Gasteiger partial charge in [0.1, 0.15) is 0 Å². The Morgan fingerprint density at radius 1 is 1.22 bits per heavy atom. The van der Waals surface area contributed by atoms with Gasteiger partial charge in [0.25, 0.3) is 0 Å². The van der Waals surface area contributed by atoms with Crippen LogP contribution in [-0.2, 0) is 9.59 Å². The lowest BCUT2D eigenvalue weighted by atomic mass is 9.85. The summed E-state index contributed by atoms with van der Waals surface area (Å²) in [7, 11) is 3.66. The average Bonchev–Trinajstić information content (AvgIpc) is 3.25. The first-order chi connectivity index (χ1) is 12.5. The zero-order valence-electron chi connectivity index (χ0n) is 17.1. The lowest BCUT2D eigenvalue weighted by Crippen LogP contribution is -2.43. The second-order valence-corrected chi connectivity index (χ2v) is 7.65. The third-order valence-corrected chi connectivity index (χ3v) is 5.37. The molecule has 0 atom stereocenters. The highest BCUT2D eigenvalue weighted by atomic mass is 127. The van der Waals surface area contributed by atoms with Gasteiger partial charge >= 0.3 is 0 Å². The van der Waals surface area contributed by atoms with E-state index in [1.165, 1.54) is 0 Å². The molecule has 0 aromatic heterocycles. The first kappa shape index (κ1) is 24.0. The standard InChI is InChI=1S/C19H35N5O2.HI/c1-4-20-18(21-12-8-14-24-13-7-9-16(24)25)22-15-19(10-5-6-11-19)17(26)23(2)3;/h4-15H2,1-3H3,(H2,20,21,22);1H. The van der Waals surface area contributed by atoms with Crippen LogP contribution >= 0.6 is 24.0 Å². The summed E-state index contributed by atoms with van der Waals surface area (Å²) in [6, 6.07) is 0. The fraction of sp³-hybridized carbons (Fsp3) is 0.842. The minimum absolute atomic E-state index is 0. The van der Waals surface area contributed by atoms with Gasteiger partial charge in [-0.2, -0.15) is 0 Å². The minimum Gasteiger partial charge on any atom is -0.357 e. The molecule has 2 rings (SSSR count). The molecule has 0 bridgehead atoms. The number of nitrogens with one attached hydrogen (secondary N) is 2. The van der Waals surface area contributed by atoms with Gasteiger partial charge in [-0.1, -0.05) is 12.8 Å². The molecule has 2 N–H and O–H groups in total. The molecule has 2 aliphatic rings. The molecule has 0 spiro atoms. The van der Waals surface area contributed by atoms with Crippen LogP contribution in [-0.4, -0.2) is 74.4 Å². The lowest BCUT2D eigenvalue weighted by Gasteiger charge is -2.29. The highest BCUT2D eigenvalue weighted by molar-refractivity contribution is 14.0. The number of nitrogens with zero attached hydrogens (tertiary/aromatic N) is 3. The second kappa shape index (κ2) is 11.7. The molecule has 27 heavy (non-hydrogen) atoms. The summed E-state index contributed by atoms with van der Waals surface area (Å²) in [5.41, 5.74) is -0.339. The Kier molecular flexibility index (Phi) is 10.4. The van der Waals surface area contributed by atoms with E-state index in [4.69, 9.17) is 4.99 Å². The van der Waals surface area contributed by atoms with Crippen molar-refractivity contribution in [2.24, 2.45) is 10.4 Å². The minimum atomic E-state index is -0.339. The molecular formula is C19H36IN5O2. The van der Waals surface area contributed by atoms with Crippen molar-refractivity contribution in [2.75, 3.05) is 46.8 Å². The van der Waals surface area contributed by atoms with Crippen LogP contribution in [0, 0.1) is 5.41 Å². The zero-order chi connectivity index (χ0) is 19.0. The summed E-state index contributed by atoms with van der Waals surface area (Å²) in [4.78, 5) is 32.7. The molecule has 0 radical (unpaired) electrons. The van der Waals surface area contributed by atoms with Crippen molar-refractivity contribution in [2.45, 2.75) is 51.9 Å². The summed E-state index contributed by atoms with van der Waals surface area (Å²) in [6.45, 7) is 5.81. The topological polar surface area (TPSA) is 77.0 Å². The molecule has 1 aliphatic heterocycles. The molecule has 0 aromatic carbocycles. The third-order valence-electron chi connectivity index (χ3n) is 5.37. The molecule has 1 heterocycles. The van der Waals surface area contributed by atoms with E-state index in [2.05, 4.69) is 10.6 Å². The van der Waals surface area contributed by atoms with E-state index < -0.39 is 0 Å². The number of carbonyl (C=O) groups is 2. The fourth-order valence-electron chi connectivity index (χ4n) is 3.96. The van der Waals surface area contributed by atoms with Crippen LogP contribution in [0.1, 0.15) is 51.9 Å². The van der Waals surface area contributed by atoms with Gasteiger partial charge in [0, 0.05) is 46.7 Å². The summed E-state index contributed by atoms with van der Waals surface area (Å²) in [6.07, 6.45) is 6.62.